The van der Waals surface area contributed by atoms with Gasteiger partial charge in [0.2, 0.25) is 0 Å². The molecule has 2 aromatic rings. The number of hydrogen-bond acceptors (Lipinski definition) is 2. The zero-order chi connectivity index (χ0) is 16.5. The maximum atomic E-state index is 13.3. The summed E-state index contributed by atoms with van der Waals surface area (Å²) < 4.78 is 40.6. The summed E-state index contributed by atoms with van der Waals surface area (Å²) in [7, 11) is 0. The van der Waals surface area contributed by atoms with E-state index in [4.69, 9.17) is 5.11 Å². The van der Waals surface area contributed by atoms with Gasteiger partial charge in [-0.25, -0.2) is 9.48 Å². The van der Waals surface area contributed by atoms with Crippen molar-refractivity contribution >= 4 is 12.0 Å². The van der Waals surface area contributed by atoms with Gasteiger partial charge in [-0.1, -0.05) is 6.07 Å². The number of aryl methyl sites for hydroxylation is 2. The molecule has 0 saturated heterocycles. The van der Waals surface area contributed by atoms with Crippen molar-refractivity contribution in [2.45, 2.75) is 20.0 Å². The van der Waals surface area contributed by atoms with Crippen molar-refractivity contribution in [3.8, 4) is 5.69 Å². The largest absolute Gasteiger partial charge is 0.478 e. The van der Waals surface area contributed by atoms with Gasteiger partial charge in [0, 0.05) is 11.6 Å². The minimum absolute atomic E-state index is 0.269. The molecule has 22 heavy (non-hydrogen) atoms. The number of carbonyl (C=O) groups is 1. The Morgan fingerprint density at radius 1 is 1.27 bits per heavy atom. The quantitative estimate of drug-likeness (QED) is 0.881. The minimum atomic E-state index is -4.66. The fourth-order valence-electron chi connectivity index (χ4n) is 1.98. The number of alkyl halides is 3. The lowest BCUT2D eigenvalue weighted by atomic mass is 10.1. The molecule has 0 amide bonds. The van der Waals surface area contributed by atoms with Gasteiger partial charge in [-0.15, -0.1) is 0 Å². The van der Waals surface area contributed by atoms with E-state index >= 15 is 0 Å². The van der Waals surface area contributed by atoms with Gasteiger partial charge in [0.05, 0.1) is 11.9 Å². The molecule has 1 N–H and O–H groups in total. The van der Waals surface area contributed by atoms with E-state index in [1.807, 2.05) is 6.92 Å². The second kappa shape index (κ2) is 5.67. The first-order valence-corrected chi connectivity index (χ1v) is 6.34. The number of nitrogens with zero attached hydrogens (tertiary/aromatic N) is 2. The van der Waals surface area contributed by atoms with E-state index in [9.17, 15) is 18.0 Å². The van der Waals surface area contributed by atoms with Crippen LogP contribution in [0.1, 0.15) is 22.4 Å². The number of aliphatic carboxylic acids is 1. The molecule has 1 heterocycles. The molecule has 0 fully saturated rings. The maximum Gasteiger partial charge on any atom is 0.434 e. The summed E-state index contributed by atoms with van der Waals surface area (Å²) in [5.74, 6) is -1.33. The van der Waals surface area contributed by atoms with Crippen molar-refractivity contribution < 1.29 is 23.1 Å². The van der Waals surface area contributed by atoms with Crippen molar-refractivity contribution in [1.82, 2.24) is 9.78 Å². The molecule has 0 bridgehead atoms. The molecule has 0 saturated carbocycles. The summed E-state index contributed by atoms with van der Waals surface area (Å²) >= 11 is 0. The zero-order valence-electron chi connectivity index (χ0n) is 11.8. The Kier molecular flexibility index (Phi) is 4.07. The van der Waals surface area contributed by atoms with E-state index < -0.39 is 17.8 Å². The summed E-state index contributed by atoms with van der Waals surface area (Å²) in [6.45, 7) is 3.65. The molecule has 0 aliphatic rings. The lowest BCUT2D eigenvalue weighted by Crippen LogP contribution is -2.15. The fraction of sp³-hybridized carbons (Fsp3) is 0.200. The van der Waals surface area contributed by atoms with Crippen LogP contribution in [0.3, 0.4) is 0 Å². The van der Waals surface area contributed by atoms with Crippen LogP contribution in [0.15, 0.2) is 30.5 Å². The van der Waals surface area contributed by atoms with Crippen molar-refractivity contribution in [2.24, 2.45) is 0 Å². The first-order valence-electron chi connectivity index (χ1n) is 6.34. The number of aromatic nitrogens is 2. The second-order valence-corrected chi connectivity index (χ2v) is 4.80. The summed E-state index contributed by atoms with van der Waals surface area (Å²) in [6.07, 6.45) is -2.13. The Labute approximate surface area is 124 Å². The molecule has 1 aromatic heterocycles. The number of benzene rings is 1. The van der Waals surface area contributed by atoms with Crippen molar-refractivity contribution in [1.29, 1.82) is 0 Å². The molecule has 0 radical (unpaired) electrons. The first-order chi connectivity index (χ1) is 10.2. The average Bonchev–Trinajstić information content (AvgIpc) is 2.83. The highest BCUT2D eigenvalue weighted by Crippen LogP contribution is 2.34. The Bertz CT molecular complexity index is 746. The molecule has 0 aliphatic heterocycles. The number of carboxylic acid groups (broad SMARTS) is 1. The van der Waals surface area contributed by atoms with Gasteiger partial charge in [-0.3, -0.25) is 0 Å². The highest BCUT2D eigenvalue weighted by molar-refractivity contribution is 5.85. The first kappa shape index (κ1) is 15.8. The molecule has 1 aromatic carbocycles. The SMILES string of the molecule is Cc1ccc(-n2ncc(/C=C/C(=O)O)c2C(F)(F)F)cc1C. The smallest absolute Gasteiger partial charge is 0.434 e. The van der Waals surface area contributed by atoms with E-state index in [0.29, 0.717) is 6.08 Å². The molecule has 4 nitrogen and oxygen atoms in total. The van der Waals surface area contributed by atoms with Crippen LogP contribution in [0, 0.1) is 13.8 Å². The van der Waals surface area contributed by atoms with E-state index in [0.717, 1.165) is 28.1 Å². The molecule has 0 atom stereocenters. The van der Waals surface area contributed by atoms with E-state index in [1.54, 1.807) is 19.1 Å². The molecule has 0 spiro atoms. The van der Waals surface area contributed by atoms with Gasteiger partial charge in [0.1, 0.15) is 0 Å². The monoisotopic (exact) mass is 310 g/mol. The predicted molar refractivity (Wildman–Crippen MR) is 74.7 cm³/mol. The van der Waals surface area contributed by atoms with Gasteiger partial charge >= 0.3 is 12.1 Å². The van der Waals surface area contributed by atoms with Crippen LogP contribution in [-0.2, 0) is 11.0 Å². The Morgan fingerprint density at radius 2 is 1.95 bits per heavy atom. The summed E-state index contributed by atoms with van der Waals surface area (Å²) in [5, 5.41) is 12.3. The van der Waals surface area contributed by atoms with E-state index in [1.165, 1.54) is 6.07 Å². The fourth-order valence-corrected chi connectivity index (χ4v) is 1.98. The van der Waals surface area contributed by atoms with Gasteiger partial charge in [-0.05, 0) is 43.2 Å². The standard InChI is InChI=1S/C15H13F3N2O2/c1-9-3-5-12(7-10(9)2)20-14(15(16,17)18)11(8-19-20)4-6-13(21)22/h3-8H,1-2H3,(H,21,22)/b6-4+. The number of hydrogen-bond donors (Lipinski definition) is 1. The average molecular weight is 310 g/mol. The molecule has 0 aliphatic carbocycles. The van der Waals surface area contributed by atoms with Crippen LogP contribution < -0.4 is 0 Å². The van der Waals surface area contributed by atoms with Crippen LogP contribution in [0.2, 0.25) is 0 Å². The van der Waals surface area contributed by atoms with E-state index in [-0.39, 0.29) is 11.3 Å². The summed E-state index contributed by atoms with van der Waals surface area (Å²) in [5.41, 5.74) is 0.756. The van der Waals surface area contributed by atoms with Crippen LogP contribution in [0.4, 0.5) is 13.2 Å². The molecule has 2 rings (SSSR count). The normalized spacial score (nSPS) is 12.0. The molecular weight excluding hydrogens is 297 g/mol. The van der Waals surface area contributed by atoms with Crippen LogP contribution in [0.25, 0.3) is 11.8 Å². The third-order valence-corrected chi connectivity index (χ3v) is 3.21. The second-order valence-electron chi connectivity index (χ2n) is 4.80. The zero-order valence-corrected chi connectivity index (χ0v) is 11.8. The van der Waals surface area contributed by atoms with Crippen LogP contribution >= 0.6 is 0 Å². The van der Waals surface area contributed by atoms with Crippen molar-refractivity contribution in [2.75, 3.05) is 0 Å². The summed E-state index contributed by atoms with van der Waals surface area (Å²) in [6, 6.07) is 4.84. The van der Waals surface area contributed by atoms with Gasteiger partial charge in [0.25, 0.3) is 0 Å². The third kappa shape index (κ3) is 3.19. The lowest BCUT2D eigenvalue weighted by molar-refractivity contribution is -0.143. The van der Waals surface area contributed by atoms with Crippen molar-refractivity contribution in [3.63, 3.8) is 0 Å². The Morgan fingerprint density at radius 3 is 2.50 bits per heavy atom. The number of rotatable bonds is 3. The molecule has 116 valence electrons. The van der Waals surface area contributed by atoms with E-state index in [2.05, 4.69) is 5.10 Å². The predicted octanol–water partition coefficient (Wildman–Crippen LogP) is 3.61. The van der Waals surface area contributed by atoms with Gasteiger partial charge in [0.15, 0.2) is 5.69 Å². The highest BCUT2D eigenvalue weighted by Gasteiger charge is 2.38. The van der Waals surface area contributed by atoms with Crippen molar-refractivity contribution in [3.05, 3.63) is 52.9 Å². The third-order valence-electron chi connectivity index (χ3n) is 3.21. The molecule has 7 heteroatoms. The van der Waals surface area contributed by atoms with Crippen LogP contribution in [-0.4, -0.2) is 20.9 Å². The van der Waals surface area contributed by atoms with Gasteiger partial charge < -0.3 is 5.11 Å². The topological polar surface area (TPSA) is 55.1 Å². The number of halogens is 3. The summed E-state index contributed by atoms with van der Waals surface area (Å²) in [4.78, 5) is 10.5. The molecular formula is C15H13F3N2O2. The minimum Gasteiger partial charge on any atom is -0.478 e. The lowest BCUT2D eigenvalue weighted by Gasteiger charge is -2.12. The Balaban J connectivity index is 2.61. The Hall–Kier alpha value is -2.57. The number of carboxylic acids is 1. The van der Waals surface area contributed by atoms with Gasteiger partial charge in [-0.2, -0.15) is 18.3 Å². The maximum absolute atomic E-state index is 13.3. The van der Waals surface area contributed by atoms with Crippen LogP contribution in [0.5, 0.6) is 0 Å². The highest BCUT2D eigenvalue weighted by atomic mass is 19.4. The molecule has 0 unspecified atom stereocenters.